The highest BCUT2D eigenvalue weighted by Crippen LogP contribution is 2.22. The van der Waals surface area contributed by atoms with Crippen LogP contribution in [0.3, 0.4) is 0 Å². The number of aryl methyl sites for hydroxylation is 3. The number of nitrogens with one attached hydrogen (secondary N) is 6. The van der Waals surface area contributed by atoms with Gasteiger partial charge in [-0.15, -0.1) is 0 Å². The van der Waals surface area contributed by atoms with E-state index in [2.05, 4.69) is 25.8 Å². The lowest BCUT2D eigenvalue weighted by Crippen LogP contribution is -2.18. The Morgan fingerprint density at radius 2 is 0.409 bits per heavy atom. The van der Waals surface area contributed by atoms with E-state index >= 15 is 0 Å². The first-order valence-corrected chi connectivity index (χ1v) is 44.0. The van der Waals surface area contributed by atoms with Crippen LogP contribution in [-0.4, -0.2) is 165 Å². The molecule has 33 heteroatoms. The Bertz CT molecular complexity index is 5380. The zero-order valence-corrected chi connectivity index (χ0v) is 78.5. The van der Waals surface area contributed by atoms with E-state index in [0.29, 0.717) is 134 Å². The first-order chi connectivity index (χ1) is 65.8. The lowest BCUT2D eigenvalue weighted by atomic mass is 10.1. The van der Waals surface area contributed by atoms with Gasteiger partial charge >= 0.3 is 0 Å². The number of nitrogens with two attached hydrogens (primary N) is 7. The van der Waals surface area contributed by atoms with Gasteiger partial charge in [-0.1, -0.05) is 115 Å². The number of nitrogens with zero attached hydrogens (tertiary/aromatic N) is 5. The Balaban J connectivity index is 0.000000292. The van der Waals surface area contributed by atoms with E-state index in [4.69, 9.17) is 137 Å². The van der Waals surface area contributed by atoms with Crippen LogP contribution in [0.15, 0.2) is 293 Å². The predicted molar refractivity (Wildman–Crippen MR) is 542 cm³/mol. The first-order valence-electron chi connectivity index (χ1n) is 44.0. The molecule has 0 amide bonds. The van der Waals surface area contributed by atoms with Crippen LogP contribution in [0.5, 0.6) is 46.0 Å². The lowest BCUT2D eigenvalue weighted by Gasteiger charge is -2.13. The third-order valence-corrected chi connectivity index (χ3v) is 20.0. The Morgan fingerprint density at radius 1 is 0.226 bits per heavy atom. The number of hydrogen-bond acceptors (Lipinski definition) is 26. The second-order valence-corrected chi connectivity index (χ2v) is 30.9. The second-order valence-electron chi connectivity index (χ2n) is 30.9. The molecule has 0 aliphatic heterocycles. The van der Waals surface area contributed by atoms with Crippen molar-refractivity contribution in [1.82, 2.24) is 0 Å². The second kappa shape index (κ2) is 62.9. The summed E-state index contributed by atoms with van der Waals surface area (Å²) in [6.45, 7) is 16.9. The molecular formula is C104H130N18O15. The van der Waals surface area contributed by atoms with Gasteiger partial charge in [0.2, 0.25) is 0 Å². The van der Waals surface area contributed by atoms with Gasteiger partial charge < -0.3 is 114 Å². The minimum absolute atomic E-state index is 0.00730. The summed E-state index contributed by atoms with van der Waals surface area (Å²) in [6, 6.07) is 80.3. The first kappa shape index (κ1) is 111. The fourth-order valence-electron chi connectivity index (χ4n) is 11.6. The van der Waals surface area contributed by atoms with E-state index in [1.54, 1.807) is 125 Å². The summed E-state index contributed by atoms with van der Waals surface area (Å²) in [6.07, 6.45) is 6.88. The molecule has 0 saturated carbocycles. The standard InChI is InChI=1S/3C20H25N3O4.C20H25N3O3.3C8H10N2/c1-14(23-25)15-2-6-18(7-3-15)26-12-10-17(24)11-13-27-19-8-4-16(5-9-19)20(21)22;1-14(23-25)15-4-8-18(9-5-15)26-12-2-3-17(24)13-27-19-10-6-16(7-11-19)20(21)22;1-15(22-24)16-5-9-18(10-6-16)26-13-3-2-4-14-27-19-11-7-17(8-12-19)20(21)23-25;1-15(23-24)16-5-9-18(10-6-16)25-13-3-2-4-14-26-19-11-7-17(8-12-19)20(21)22;3*1-6-2-4-7(5-3-6)8(9)10/h2-9,17,24-25H,10-13H2,1H3,(H3,21,22);4-11,17,24-25H,2-3,12-13H2,1H3,(H3,21,22);5-12,24-25H,2-4,13-14H2,1H3,(H2,21,23);5-12,24H,2-4,13-14H2,1H3,(H3,21,22);3*2-5H,1H3,(H3,9,10)/b2*23-14-;22-15-;23-15-;;;. The molecule has 11 aromatic carbocycles. The maximum Gasteiger partial charge on any atom is 0.170 e. The number of unbranched alkanes of at least 4 members (excludes halogenated alkanes) is 4. The summed E-state index contributed by atoms with van der Waals surface area (Å²) < 4.78 is 45.1. The highest BCUT2D eigenvalue weighted by molar-refractivity contribution is 6.01. The molecule has 0 bridgehead atoms. The lowest BCUT2D eigenvalue weighted by molar-refractivity contribution is 0.0938. The van der Waals surface area contributed by atoms with Gasteiger partial charge in [0.05, 0.1) is 81.3 Å². The van der Waals surface area contributed by atoms with Crippen molar-refractivity contribution >= 4 is 63.7 Å². The number of oxime groups is 5. The summed E-state index contributed by atoms with van der Waals surface area (Å²) >= 11 is 0. The molecule has 2 atom stereocenters. The third-order valence-electron chi connectivity index (χ3n) is 20.0. The van der Waals surface area contributed by atoms with Crippen LogP contribution in [0.2, 0.25) is 0 Å². The highest BCUT2D eigenvalue weighted by Gasteiger charge is 2.12. The molecule has 0 spiro atoms. The van der Waals surface area contributed by atoms with Crippen LogP contribution in [0.4, 0.5) is 0 Å². The molecule has 0 fully saturated rings. The molecule has 33 nitrogen and oxygen atoms in total. The number of amidine groups is 7. The molecule has 27 N–H and O–H groups in total. The molecule has 2 unspecified atom stereocenters. The topological polar surface area (TPSA) is 602 Å². The van der Waals surface area contributed by atoms with E-state index in [-0.39, 0.29) is 47.5 Å². The quantitative estimate of drug-likeness (QED) is 0.00555. The van der Waals surface area contributed by atoms with Crippen LogP contribution in [0, 0.1) is 53.2 Å². The summed E-state index contributed by atoms with van der Waals surface area (Å²) in [4.78, 5) is 0. The Morgan fingerprint density at radius 3 is 0.613 bits per heavy atom. The molecular weight excluding hydrogens is 1740 g/mol. The largest absolute Gasteiger partial charge is 0.494 e. The summed E-state index contributed by atoms with van der Waals surface area (Å²) in [5, 5.41) is 123. The number of benzene rings is 11. The van der Waals surface area contributed by atoms with Gasteiger partial charge in [0.1, 0.15) is 87.6 Å². The van der Waals surface area contributed by atoms with Crippen molar-refractivity contribution < 1.29 is 74.1 Å². The number of aliphatic hydroxyl groups is 2. The minimum atomic E-state index is -0.591. The maximum atomic E-state index is 10.0. The van der Waals surface area contributed by atoms with Gasteiger partial charge in [0.15, 0.2) is 5.84 Å². The van der Waals surface area contributed by atoms with E-state index < -0.39 is 12.2 Å². The smallest absolute Gasteiger partial charge is 0.170 e. The molecule has 0 radical (unpaired) electrons. The number of nitrogen functional groups attached to an aromatic ring is 6. The fourth-order valence-corrected chi connectivity index (χ4v) is 11.6. The van der Waals surface area contributed by atoms with Crippen molar-refractivity contribution in [2.75, 3.05) is 52.9 Å². The molecule has 0 aromatic heterocycles. The van der Waals surface area contributed by atoms with Gasteiger partial charge in [-0.2, -0.15) is 0 Å². The average molecular weight is 1870 g/mol. The number of aliphatic hydroxyl groups excluding tert-OH is 2. The highest BCUT2D eigenvalue weighted by atomic mass is 16.5. The van der Waals surface area contributed by atoms with Crippen molar-refractivity contribution in [2.24, 2.45) is 65.9 Å². The molecule has 0 saturated heterocycles. The van der Waals surface area contributed by atoms with Crippen molar-refractivity contribution in [1.29, 1.82) is 32.5 Å². The van der Waals surface area contributed by atoms with Crippen LogP contribution in [0.1, 0.15) is 170 Å². The average Bonchev–Trinajstić information content (AvgIpc) is 0.875. The molecule has 11 aromatic rings. The monoisotopic (exact) mass is 1870 g/mol. The van der Waals surface area contributed by atoms with Crippen LogP contribution in [0.25, 0.3) is 0 Å². The molecule has 0 aliphatic carbocycles. The predicted octanol–water partition coefficient (Wildman–Crippen LogP) is 16.8. The molecule has 0 aliphatic rings. The zero-order valence-electron chi connectivity index (χ0n) is 78.5. The summed E-state index contributed by atoms with van der Waals surface area (Å²) in [5.74, 6) is 6.39. The van der Waals surface area contributed by atoms with E-state index in [0.717, 1.165) is 106 Å². The van der Waals surface area contributed by atoms with Crippen molar-refractivity contribution in [3.63, 3.8) is 0 Å². The molecule has 726 valence electrons. The summed E-state index contributed by atoms with van der Waals surface area (Å²) in [7, 11) is 0. The molecule has 137 heavy (non-hydrogen) atoms. The summed E-state index contributed by atoms with van der Waals surface area (Å²) in [5.41, 5.74) is 51.6. The molecule has 11 rings (SSSR count). The number of hydrogen-bond donors (Lipinski definition) is 20. The Kier molecular flexibility index (Phi) is 51.1. The van der Waals surface area contributed by atoms with E-state index in [1.165, 1.54) is 16.7 Å². The van der Waals surface area contributed by atoms with Crippen LogP contribution in [-0.2, 0) is 0 Å². The zero-order chi connectivity index (χ0) is 100. The van der Waals surface area contributed by atoms with Gasteiger partial charge in [-0.05, 0) is 316 Å². The van der Waals surface area contributed by atoms with Crippen LogP contribution < -0.4 is 78.0 Å². The molecule has 0 heterocycles. The fraction of sp³-hybridized carbons (Fsp3) is 0.260. The number of rotatable bonds is 43. The van der Waals surface area contributed by atoms with Crippen molar-refractivity contribution in [3.8, 4) is 46.0 Å². The van der Waals surface area contributed by atoms with E-state index in [9.17, 15) is 10.2 Å². The van der Waals surface area contributed by atoms with Gasteiger partial charge in [0.25, 0.3) is 0 Å². The van der Waals surface area contributed by atoms with Crippen LogP contribution >= 0.6 is 0 Å². The van der Waals surface area contributed by atoms with Crippen molar-refractivity contribution in [2.45, 2.75) is 125 Å². The Hall–Kier alpha value is -16.3. The van der Waals surface area contributed by atoms with Gasteiger partial charge in [-0.3, -0.25) is 32.5 Å². The maximum absolute atomic E-state index is 10.0. The normalized spacial score (nSPS) is 11.4. The van der Waals surface area contributed by atoms with Crippen molar-refractivity contribution in [3.05, 3.63) is 345 Å². The number of ether oxygens (including phenoxy) is 8. The third kappa shape index (κ3) is 45.1. The minimum Gasteiger partial charge on any atom is -0.494 e. The SMILES string of the molecule is C/C(=N/O)c1ccc(OCCC(O)CCOc2ccc(C(=N)N)cc2)cc1.C/C(=N/O)c1ccc(OCCCC(O)COc2ccc(C(=N)N)cc2)cc1.C/C(=N/O)c1ccc(OCCCCCOc2ccc(/C(N)=N/O)cc2)cc1.C/C(=N/O)c1ccc(OCCCCCOc2ccc(C(=N)N)cc2)cc1.Cc1ccc(C(=N)N)cc1.Cc1ccc(C(=N)N)cc1.Cc1ccc(C(=N)N)cc1. The van der Waals surface area contributed by atoms with Gasteiger partial charge in [-0.25, -0.2) is 0 Å². The Labute approximate surface area is 800 Å². The van der Waals surface area contributed by atoms with E-state index in [1.807, 2.05) is 191 Å². The van der Waals surface area contributed by atoms with Gasteiger partial charge in [0, 0.05) is 51.8 Å².